The molecule has 0 aliphatic carbocycles. The Morgan fingerprint density at radius 1 is 1.30 bits per heavy atom. The van der Waals surface area contributed by atoms with Crippen molar-refractivity contribution in [3.63, 3.8) is 0 Å². The third-order valence-corrected chi connectivity index (χ3v) is 3.08. The molecule has 20 heavy (non-hydrogen) atoms. The first-order chi connectivity index (χ1) is 9.49. The Morgan fingerprint density at radius 3 is 2.65 bits per heavy atom. The number of nitro benzene ring substituents is 1. The van der Waals surface area contributed by atoms with Crippen LogP contribution in [-0.4, -0.2) is 20.8 Å². The topological polar surface area (TPSA) is 98.0 Å². The van der Waals surface area contributed by atoms with Crippen molar-refractivity contribution in [3.05, 3.63) is 56.4 Å². The van der Waals surface area contributed by atoms with Gasteiger partial charge in [0.05, 0.1) is 26.7 Å². The minimum absolute atomic E-state index is 0.0707. The van der Waals surface area contributed by atoms with Crippen molar-refractivity contribution < 1.29 is 9.72 Å². The maximum Gasteiger partial charge on any atom is 0.271 e. The van der Waals surface area contributed by atoms with E-state index in [1.54, 1.807) is 0 Å². The molecule has 0 aliphatic heterocycles. The normalized spacial score (nSPS) is 10.1. The third-order valence-electron chi connectivity index (χ3n) is 2.27. The summed E-state index contributed by atoms with van der Waals surface area (Å²) in [6, 6.07) is 2.11. The Hall–Kier alpha value is -2.25. The minimum atomic E-state index is -0.666. The highest BCUT2D eigenvalue weighted by atomic mass is 35.5. The number of benzene rings is 1. The van der Waals surface area contributed by atoms with E-state index < -0.39 is 10.8 Å². The van der Waals surface area contributed by atoms with Gasteiger partial charge < -0.3 is 5.32 Å². The number of anilines is 1. The summed E-state index contributed by atoms with van der Waals surface area (Å²) in [5, 5.41) is 13.0. The zero-order valence-electron chi connectivity index (χ0n) is 9.71. The van der Waals surface area contributed by atoms with Gasteiger partial charge >= 0.3 is 0 Å². The standard InChI is InChI=1S/C11H6Cl2N4O3/c12-8-4-6(17(19)20)3-7(10(8)13)11(18)16-9-5-14-1-2-15-9/h1-5H,(H,15,16,18). The van der Waals surface area contributed by atoms with Crippen LogP contribution in [0.3, 0.4) is 0 Å². The number of nitrogens with one attached hydrogen (secondary N) is 1. The quantitative estimate of drug-likeness (QED) is 0.694. The van der Waals surface area contributed by atoms with Crippen LogP contribution in [0.15, 0.2) is 30.7 Å². The number of aromatic nitrogens is 2. The number of carbonyl (C=O) groups excluding carboxylic acids is 1. The van der Waals surface area contributed by atoms with E-state index in [0.29, 0.717) is 0 Å². The van der Waals surface area contributed by atoms with Gasteiger partial charge in [-0.2, -0.15) is 0 Å². The molecular weight excluding hydrogens is 307 g/mol. The Kier molecular flexibility index (Phi) is 4.11. The van der Waals surface area contributed by atoms with E-state index in [4.69, 9.17) is 23.2 Å². The second-order valence-corrected chi connectivity index (χ2v) is 4.38. The lowest BCUT2D eigenvalue weighted by Gasteiger charge is -2.06. The molecule has 0 unspecified atom stereocenters. The van der Waals surface area contributed by atoms with Gasteiger partial charge in [-0.25, -0.2) is 4.98 Å². The van der Waals surface area contributed by atoms with E-state index in [-0.39, 0.29) is 27.1 Å². The van der Waals surface area contributed by atoms with Crippen LogP contribution >= 0.6 is 23.2 Å². The molecule has 1 aromatic carbocycles. The average Bonchev–Trinajstić information content (AvgIpc) is 2.42. The Bertz CT molecular complexity index is 679. The van der Waals surface area contributed by atoms with Crippen molar-refractivity contribution in [1.82, 2.24) is 9.97 Å². The third kappa shape index (κ3) is 3.01. The SMILES string of the molecule is O=C(Nc1cnccn1)c1cc([N+](=O)[O-])cc(Cl)c1Cl. The van der Waals surface area contributed by atoms with E-state index in [9.17, 15) is 14.9 Å². The fourth-order valence-corrected chi connectivity index (χ4v) is 1.80. The van der Waals surface area contributed by atoms with Gasteiger partial charge in [-0.3, -0.25) is 19.9 Å². The molecule has 102 valence electrons. The van der Waals surface area contributed by atoms with Crippen LogP contribution in [0, 0.1) is 10.1 Å². The fraction of sp³-hybridized carbons (Fsp3) is 0. The van der Waals surface area contributed by atoms with Crippen LogP contribution in [0.25, 0.3) is 0 Å². The maximum atomic E-state index is 12.0. The largest absolute Gasteiger partial charge is 0.305 e. The van der Waals surface area contributed by atoms with Gasteiger partial charge in [0.25, 0.3) is 11.6 Å². The van der Waals surface area contributed by atoms with Crippen molar-refractivity contribution in [3.8, 4) is 0 Å². The van der Waals surface area contributed by atoms with Crippen LogP contribution in [0.1, 0.15) is 10.4 Å². The predicted octanol–water partition coefficient (Wildman–Crippen LogP) is 2.94. The fourth-order valence-electron chi connectivity index (χ4n) is 1.39. The molecule has 7 nitrogen and oxygen atoms in total. The summed E-state index contributed by atoms with van der Waals surface area (Å²) in [6.45, 7) is 0. The number of non-ortho nitro benzene ring substituents is 1. The molecule has 0 aliphatic rings. The smallest absolute Gasteiger partial charge is 0.271 e. The van der Waals surface area contributed by atoms with Crippen LogP contribution in [0.2, 0.25) is 10.0 Å². The van der Waals surface area contributed by atoms with Crippen molar-refractivity contribution in [1.29, 1.82) is 0 Å². The molecule has 1 heterocycles. The zero-order chi connectivity index (χ0) is 14.7. The lowest BCUT2D eigenvalue weighted by molar-refractivity contribution is -0.384. The number of carbonyl (C=O) groups is 1. The van der Waals surface area contributed by atoms with Gasteiger partial charge in [0.2, 0.25) is 0 Å². The number of hydrogen-bond donors (Lipinski definition) is 1. The summed E-state index contributed by atoms with van der Waals surface area (Å²) in [4.78, 5) is 29.7. The van der Waals surface area contributed by atoms with Gasteiger partial charge in [-0.05, 0) is 0 Å². The zero-order valence-corrected chi connectivity index (χ0v) is 11.2. The van der Waals surface area contributed by atoms with Gasteiger partial charge in [-0.15, -0.1) is 0 Å². The van der Waals surface area contributed by atoms with Crippen molar-refractivity contribution in [2.75, 3.05) is 5.32 Å². The Morgan fingerprint density at radius 2 is 2.05 bits per heavy atom. The first kappa shape index (κ1) is 14.2. The molecule has 0 bridgehead atoms. The van der Waals surface area contributed by atoms with Gasteiger partial charge in [-0.1, -0.05) is 23.2 Å². The summed E-state index contributed by atoms with van der Waals surface area (Å²) in [5.74, 6) is -0.475. The van der Waals surface area contributed by atoms with Crippen molar-refractivity contribution in [2.24, 2.45) is 0 Å². The van der Waals surface area contributed by atoms with Crippen LogP contribution < -0.4 is 5.32 Å². The first-order valence-corrected chi connectivity index (χ1v) is 5.95. The molecule has 1 amide bonds. The highest BCUT2D eigenvalue weighted by molar-refractivity contribution is 6.44. The second kappa shape index (κ2) is 5.81. The van der Waals surface area contributed by atoms with Crippen LogP contribution in [-0.2, 0) is 0 Å². The van der Waals surface area contributed by atoms with E-state index in [1.807, 2.05) is 0 Å². The first-order valence-electron chi connectivity index (χ1n) is 5.20. The van der Waals surface area contributed by atoms with Crippen molar-refractivity contribution in [2.45, 2.75) is 0 Å². The summed E-state index contributed by atoms with van der Waals surface area (Å²) in [7, 11) is 0. The molecule has 0 saturated heterocycles. The minimum Gasteiger partial charge on any atom is -0.305 e. The predicted molar refractivity (Wildman–Crippen MR) is 73.1 cm³/mol. The molecule has 0 spiro atoms. The number of hydrogen-bond acceptors (Lipinski definition) is 5. The highest BCUT2D eigenvalue weighted by Gasteiger charge is 2.19. The molecule has 0 saturated carbocycles. The lowest BCUT2D eigenvalue weighted by atomic mass is 10.2. The van der Waals surface area contributed by atoms with Gasteiger partial charge in [0, 0.05) is 24.5 Å². The molecule has 0 radical (unpaired) electrons. The lowest BCUT2D eigenvalue weighted by Crippen LogP contribution is -2.14. The molecule has 0 atom stereocenters. The number of nitrogens with zero attached hydrogens (tertiary/aromatic N) is 3. The van der Waals surface area contributed by atoms with Gasteiger partial charge in [0.1, 0.15) is 0 Å². The van der Waals surface area contributed by atoms with E-state index in [2.05, 4.69) is 15.3 Å². The summed E-state index contributed by atoms with van der Waals surface area (Å²) in [6.07, 6.45) is 4.15. The molecule has 0 fully saturated rings. The number of amides is 1. The van der Waals surface area contributed by atoms with Crippen molar-refractivity contribution >= 4 is 40.6 Å². The molecule has 1 aromatic heterocycles. The second-order valence-electron chi connectivity index (χ2n) is 3.59. The molecule has 1 N–H and O–H groups in total. The summed E-state index contributed by atoms with van der Waals surface area (Å²) in [5.41, 5.74) is -0.444. The monoisotopic (exact) mass is 312 g/mol. The molecular formula is C11H6Cl2N4O3. The molecule has 2 rings (SSSR count). The Balaban J connectivity index is 2.36. The van der Waals surface area contributed by atoms with Crippen LogP contribution in [0.4, 0.5) is 11.5 Å². The Labute approximate surface area is 122 Å². The molecule has 9 heteroatoms. The maximum absolute atomic E-state index is 12.0. The number of nitro groups is 1. The number of halogens is 2. The summed E-state index contributed by atoms with van der Waals surface area (Å²) < 4.78 is 0. The van der Waals surface area contributed by atoms with E-state index in [0.717, 1.165) is 12.1 Å². The van der Waals surface area contributed by atoms with E-state index >= 15 is 0 Å². The van der Waals surface area contributed by atoms with Gasteiger partial charge in [0.15, 0.2) is 5.82 Å². The number of rotatable bonds is 3. The van der Waals surface area contributed by atoms with Crippen LogP contribution in [0.5, 0.6) is 0 Å². The van der Waals surface area contributed by atoms with E-state index in [1.165, 1.54) is 18.6 Å². The summed E-state index contributed by atoms with van der Waals surface area (Å²) >= 11 is 11.6. The molecule has 2 aromatic rings. The average molecular weight is 313 g/mol. The highest BCUT2D eigenvalue weighted by Crippen LogP contribution is 2.31.